The van der Waals surface area contributed by atoms with E-state index in [-0.39, 0.29) is 11.5 Å². The van der Waals surface area contributed by atoms with Crippen LogP contribution in [0.2, 0.25) is 0 Å². The molecule has 0 saturated heterocycles. The Kier molecular flexibility index (Phi) is 4.99. The molecule has 7 heteroatoms. The topological polar surface area (TPSA) is 81.2 Å². The molecule has 1 N–H and O–H groups in total. The Morgan fingerprint density at radius 1 is 1.33 bits per heavy atom. The Labute approximate surface area is 126 Å². The molecule has 0 amide bonds. The number of hydrogen-bond acceptors (Lipinski definition) is 7. The third kappa shape index (κ3) is 3.85. The highest BCUT2D eigenvalue weighted by Gasteiger charge is 2.21. The number of carbonyl (C=O) groups is 2. The van der Waals surface area contributed by atoms with E-state index in [0.717, 1.165) is 23.3 Å². The maximum Gasteiger partial charge on any atom is 0.358 e. The number of nitrogens with one attached hydrogen (secondary N) is 1. The van der Waals surface area contributed by atoms with Gasteiger partial charge < -0.3 is 10.1 Å². The molecular weight excluding hydrogens is 290 g/mol. The summed E-state index contributed by atoms with van der Waals surface area (Å²) >= 11 is 1.16. The number of carbonyl (C=O) groups excluding carboxylic acids is 2. The van der Waals surface area contributed by atoms with E-state index in [9.17, 15) is 9.59 Å². The molecule has 0 saturated carbocycles. The van der Waals surface area contributed by atoms with Crippen molar-refractivity contribution >= 4 is 28.2 Å². The van der Waals surface area contributed by atoms with E-state index in [1.54, 1.807) is 12.4 Å². The lowest BCUT2D eigenvalue weighted by Crippen LogP contribution is -2.08. The molecular formula is C14H15N3O3S. The number of pyridine rings is 1. The third-order valence-corrected chi connectivity index (χ3v) is 3.88. The maximum atomic E-state index is 11.6. The quantitative estimate of drug-likeness (QED) is 0.651. The summed E-state index contributed by atoms with van der Waals surface area (Å²) in [4.78, 5) is 31.5. The predicted octanol–water partition coefficient (Wildman–Crippen LogP) is 2.18. The van der Waals surface area contributed by atoms with Crippen molar-refractivity contribution in [3.8, 4) is 0 Å². The van der Waals surface area contributed by atoms with Crippen LogP contribution >= 0.6 is 11.3 Å². The summed E-state index contributed by atoms with van der Waals surface area (Å²) in [6, 6.07) is 3.87. The smallest absolute Gasteiger partial charge is 0.358 e. The summed E-state index contributed by atoms with van der Waals surface area (Å²) in [6.45, 7) is 2.05. The minimum atomic E-state index is -0.598. The average molecular weight is 305 g/mol. The second-order valence-electron chi connectivity index (χ2n) is 4.28. The average Bonchev–Trinajstić information content (AvgIpc) is 2.92. The van der Waals surface area contributed by atoms with Gasteiger partial charge in [-0.2, -0.15) is 0 Å². The zero-order valence-corrected chi connectivity index (χ0v) is 12.6. The first kappa shape index (κ1) is 15.1. The normalized spacial score (nSPS) is 10.2. The van der Waals surface area contributed by atoms with Gasteiger partial charge in [0.25, 0.3) is 0 Å². The molecule has 2 aromatic heterocycles. The van der Waals surface area contributed by atoms with Crippen LogP contribution in [0, 0.1) is 0 Å². The van der Waals surface area contributed by atoms with E-state index in [4.69, 9.17) is 0 Å². The number of ketones is 1. The number of Topliss-reactive ketones (excluding diaryl/α,β-unsaturated/α-hetero) is 1. The first-order valence-electron chi connectivity index (χ1n) is 6.34. The van der Waals surface area contributed by atoms with Gasteiger partial charge >= 0.3 is 5.97 Å². The molecule has 21 heavy (non-hydrogen) atoms. The van der Waals surface area contributed by atoms with Gasteiger partial charge in [0, 0.05) is 25.9 Å². The molecule has 2 rings (SSSR count). The van der Waals surface area contributed by atoms with Crippen LogP contribution in [0.5, 0.6) is 0 Å². The number of esters is 1. The van der Waals surface area contributed by atoms with Crippen molar-refractivity contribution in [2.75, 3.05) is 19.0 Å². The molecule has 0 aromatic carbocycles. The number of ether oxygens (including phenoxy) is 1. The summed E-state index contributed by atoms with van der Waals surface area (Å²) in [7, 11) is 1.27. The lowest BCUT2D eigenvalue weighted by atomic mass is 10.2. The van der Waals surface area contributed by atoms with Crippen molar-refractivity contribution in [2.45, 2.75) is 13.3 Å². The van der Waals surface area contributed by atoms with Crippen LogP contribution in [0.3, 0.4) is 0 Å². The highest BCUT2D eigenvalue weighted by atomic mass is 32.1. The molecule has 110 valence electrons. The lowest BCUT2D eigenvalue weighted by Gasteiger charge is -2.02. The van der Waals surface area contributed by atoms with Gasteiger partial charge in [0.1, 0.15) is 4.88 Å². The van der Waals surface area contributed by atoms with Crippen molar-refractivity contribution < 1.29 is 14.3 Å². The summed E-state index contributed by atoms with van der Waals surface area (Å²) in [6.07, 6.45) is 4.27. The molecule has 0 radical (unpaired) electrons. The molecule has 0 unspecified atom stereocenters. The Balaban J connectivity index is 2.03. The highest BCUT2D eigenvalue weighted by molar-refractivity contribution is 7.17. The van der Waals surface area contributed by atoms with Crippen molar-refractivity contribution in [1.82, 2.24) is 9.97 Å². The van der Waals surface area contributed by atoms with Gasteiger partial charge in [-0.25, -0.2) is 9.78 Å². The Morgan fingerprint density at radius 3 is 2.67 bits per heavy atom. The predicted molar refractivity (Wildman–Crippen MR) is 79.9 cm³/mol. The van der Waals surface area contributed by atoms with Gasteiger partial charge in [0.05, 0.1) is 7.11 Å². The van der Waals surface area contributed by atoms with Crippen LogP contribution < -0.4 is 5.32 Å². The minimum absolute atomic E-state index is 0.0708. The molecule has 0 atom stereocenters. The van der Waals surface area contributed by atoms with Gasteiger partial charge in [-0.15, -0.1) is 0 Å². The summed E-state index contributed by atoms with van der Waals surface area (Å²) in [5, 5.41) is 3.65. The molecule has 0 aliphatic carbocycles. The van der Waals surface area contributed by atoms with E-state index < -0.39 is 5.97 Å². The number of anilines is 1. The number of nitrogens with zero attached hydrogens (tertiary/aromatic N) is 2. The number of hydrogen-bond donors (Lipinski definition) is 1. The van der Waals surface area contributed by atoms with Crippen LogP contribution in [0.25, 0.3) is 0 Å². The SMILES string of the molecule is COC(=O)c1nc(NCCc2ccncc2)sc1C(C)=O. The molecule has 0 fully saturated rings. The molecule has 0 bridgehead atoms. The second kappa shape index (κ2) is 6.94. The van der Waals surface area contributed by atoms with Crippen LogP contribution in [-0.4, -0.2) is 35.4 Å². The molecule has 6 nitrogen and oxygen atoms in total. The maximum absolute atomic E-state index is 11.6. The van der Waals surface area contributed by atoms with E-state index in [1.165, 1.54) is 14.0 Å². The zero-order valence-electron chi connectivity index (χ0n) is 11.8. The van der Waals surface area contributed by atoms with Crippen LogP contribution in [0.15, 0.2) is 24.5 Å². The summed E-state index contributed by atoms with van der Waals surface area (Å²) < 4.78 is 4.63. The van der Waals surface area contributed by atoms with Crippen molar-refractivity contribution in [3.63, 3.8) is 0 Å². The van der Waals surface area contributed by atoms with Crippen LogP contribution in [0.4, 0.5) is 5.13 Å². The second-order valence-corrected chi connectivity index (χ2v) is 5.28. The fourth-order valence-corrected chi connectivity index (χ4v) is 2.61. The Morgan fingerprint density at radius 2 is 2.05 bits per heavy atom. The van der Waals surface area contributed by atoms with Gasteiger partial charge in [-0.3, -0.25) is 9.78 Å². The van der Waals surface area contributed by atoms with E-state index >= 15 is 0 Å². The fraction of sp³-hybridized carbons (Fsp3) is 0.286. The van der Waals surface area contributed by atoms with E-state index in [0.29, 0.717) is 16.6 Å². The summed E-state index contributed by atoms with van der Waals surface area (Å²) in [5.74, 6) is -0.797. The van der Waals surface area contributed by atoms with Gasteiger partial charge in [-0.1, -0.05) is 11.3 Å². The van der Waals surface area contributed by atoms with Crippen molar-refractivity contribution in [3.05, 3.63) is 40.7 Å². The standard InChI is InChI=1S/C14H15N3O3S/c1-9(18)12-11(13(19)20-2)17-14(21-12)16-8-5-10-3-6-15-7-4-10/h3-4,6-7H,5,8H2,1-2H3,(H,16,17). The third-order valence-electron chi connectivity index (χ3n) is 2.76. The summed E-state index contributed by atoms with van der Waals surface area (Å²) in [5.41, 5.74) is 1.22. The van der Waals surface area contributed by atoms with E-state index in [1.807, 2.05) is 12.1 Å². The molecule has 0 aliphatic rings. The zero-order chi connectivity index (χ0) is 15.2. The monoisotopic (exact) mass is 305 g/mol. The number of methoxy groups -OCH3 is 1. The van der Waals surface area contributed by atoms with Crippen molar-refractivity contribution in [1.29, 1.82) is 0 Å². The van der Waals surface area contributed by atoms with Gasteiger partial charge in [0.2, 0.25) is 0 Å². The highest BCUT2D eigenvalue weighted by Crippen LogP contribution is 2.24. The van der Waals surface area contributed by atoms with Crippen molar-refractivity contribution in [2.24, 2.45) is 0 Å². The van der Waals surface area contributed by atoms with Gasteiger partial charge in [0.15, 0.2) is 16.6 Å². The minimum Gasteiger partial charge on any atom is -0.464 e. The van der Waals surface area contributed by atoms with Crippen LogP contribution in [-0.2, 0) is 11.2 Å². The lowest BCUT2D eigenvalue weighted by molar-refractivity contribution is 0.0591. The molecule has 2 heterocycles. The van der Waals surface area contributed by atoms with Gasteiger partial charge in [-0.05, 0) is 24.1 Å². The largest absolute Gasteiger partial charge is 0.464 e. The van der Waals surface area contributed by atoms with E-state index in [2.05, 4.69) is 20.0 Å². The Hall–Kier alpha value is -2.28. The fourth-order valence-electron chi connectivity index (χ4n) is 1.73. The van der Waals surface area contributed by atoms with Crippen LogP contribution in [0.1, 0.15) is 32.6 Å². The molecule has 0 aliphatic heterocycles. The first-order valence-corrected chi connectivity index (χ1v) is 7.16. The first-order chi connectivity index (χ1) is 10.1. The molecule has 2 aromatic rings. The number of thiazole rings is 1. The molecule has 0 spiro atoms. The number of rotatable bonds is 6. The number of aromatic nitrogens is 2. The Bertz CT molecular complexity index is 640.